The molecule has 100 valence electrons. The van der Waals surface area contributed by atoms with Crippen molar-refractivity contribution >= 4 is 6.29 Å². The second kappa shape index (κ2) is 11.9. The van der Waals surface area contributed by atoms with E-state index in [4.69, 9.17) is 0 Å². The molecular formula is C16H30O. The second-order valence-electron chi connectivity index (χ2n) is 5.31. The monoisotopic (exact) mass is 238 g/mol. The van der Waals surface area contributed by atoms with Crippen molar-refractivity contribution in [3.63, 3.8) is 0 Å². The van der Waals surface area contributed by atoms with Gasteiger partial charge in [-0.25, -0.2) is 0 Å². The van der Waals surface area contributed by atoms with E-state index in [-0.39, 0.29) is 0 Å². The number of rotatable bonds is 11. The highest BCUT2D eigenvalue weighted by Crippen LogP contribution is 2.14. The summed E-state index contributed by atoms with van der Waals surface area (Å²) < 4.78 is 0. The fraction of sp³-hybridized carbons (Fsp3) is 0.812. The summed E-state index contributed by atoms with van der Waals surface area (Å²) in [5.41, 5.74) is 1.50. The molecule has 1 unspecified atom stereocenters. The molecule has 0 fully saturated rings. The molecule has 0 aromatic rings. The standard InChI is InChI=1S/C16H30O/c1-4-5-6-7-8-9-10-15(2)11-12-16(3)13-14-17/h11,14,16H,4-10,12-13H2,1-3H3. The normalized spacial score (nSPS) is 13.7. The molecule has 0 rings (SSSR count). The number of hydrogen-bond donors (Lipinski definition) is 0. The van der Waals surface area contributed by atoms with E-state index in [1.807, 2.05) is 0 Å². The third-order valence-electron chi connectivity index (χ3n) is 3.29. The van der Waals surface area contributed by atoms with Crippen molar-refractivity contribution in [1.29, 1.82) is 0 Å². The molecule has 1 nitrogen and oxygen atoms in total. The molecule has 0 aliphatic heterocycles. The Morgan fingerprint density at radius 3 is 2.35 bits per heavy atom. The highest BCUT2D eigenvalue weighted by Gasteiger charge is 1.99. The van der Waals surface area contributed by atoms with Gasteiger partial charge < -0.3 is 4.79 Å². The SMILES string of the molecule is CCCCCCCCC(C)=CCC(C)CC=O. The predicted molar refractivity (Wildman–Crippen MR) is 76.2 cm³/mol. The fourth-order valence-corrected chi connectivity index (χ4v) is 1.95. The van der Waals surface area contributed by atoms with Gasteiger partial charge in [0.2, 0.25) is 0 Å². The van der Waals surface area contributed by atoms with Crippen LogP contribution in [-0.2, 0) is 4.79 Å². The van der Waals surface area contributed by atoms with E-state index < -0.39 is 0 Å². The van der Waals surface area contributed by atoms with Crippen molar-refractivity contribution in [3.05, 3.63) is 11.6 Å². The summed E-state index contributed by atoms with van der Waals surface area (Å²) in [6, 6.07) is 0. The maximum absolute atomic E-state index is 10.3. The molecule has 1 heteroatoms. The largest absolute Gasteiger partial charge is 0.303 e. The zero-order chi connectivity index (χ0) is 12.9. The molecule has 0 spiro atoms. The Hall–Kier alpha value is -0.590. The summed E-state index contributed by atoms with van der Waals surface area (Å²) in [6.45, 7) is 6.62. The summed E-state index contributed by atoms with van der Waals surface area (Å²) in [4.78, 5) is 10.3. The molecule has 0 bridgehead atoms. The van der Waals surface area contributed by atoms with Gasteiger partial charge >= 0.3 is 0 Å². The first-order chi connectivity index (χ1) is 8.20. The average molecular weight is 238 g/mol. The molecule has 0 aliphatic carbocycles. The van der Waals surface area contributed by atoms with Gasteiger partial charge in [0.25, 0.3) is 0 Å². The van der Waals surface area contributed by atoms with Gasteiger partial charge in [-0.05, 0) is 32.1 Å². The molecule has 0 aromatic heterocycles. The van der Waals surface area contributed by atoms with Crippen molar-refractivity contribution in [3.8, 4) is 0 Å². The van der Waals surface area contributed by atoms with Gasteiger partial charge in [-0.3, -0.25) is 0 Å². The maximum Gasteiger partial charge on any atom is 0.120 e. The summed E-state index contributed by atoms with van der Waals surface area (Å²) in [6.07, 6.45) is 14.5. The third kappa shape index (κ3) is 11.7. The van der Waals surface area contributed by atoms with E-state index in [1.165, 1.54) is 50.5 Å². The van der Waals surface area contributed by atoms with Crippen LogP contribution < -0.4 is 0 Å². The van der Waals surface area contributed by atoms with Crippen molar-refractivity contribution in [1.82, 2.24) is 0 Å². The van der Waals surface area contributed by atoms with Gasteiger partial charge in [0.05, 0.1) is 0 Å². The van der Waals surface area contributed by atoms with Crippen LogP contribution in [0.4, 0.5) is 0 Å². The Balaban J connectivity index is 3.46. The van der Waals surface area contributed by atoms with Crippen molar-refractivity contribution < 1.29 is 4.79 Å². The van der Waals surface area contributed by atoms with Crippen LogP contribution in [0.3, 0.4) is 0 Å². The molecule has 0 heterocycles. The van der Waals surface area contributed by atoms with Crippen LogP contribution in [0.1, 0.15) is 78.6 Å². The molecule has 0 amide bonds. The molecular weight excluding hydrogens is 208 g/mol. The average Bonchev–Trinajstić information content (AvgIpc) is 2.31. The number of allylic oxidation sites excluding steroid dienone is 2. The van der Waals surface area contributed by atoms with E-state index in [1.54, 1.807) is 0 Å². The minimum absolute atomic E-state index is 0.506. The first kappa shape index (κ1) is 16.4. The summed E-state index contributed by atoms with van der Waals surface area (Å²) in [7, 11) is 0. The fourth-order valence-electron chi connectivity index (χ4n) is 1.95. The van der Waals surface area contributed by atoms with Crippen LogP contribution in [0, 0.1) is 5.92 Å². The third-order valence-corrected chi connectivity index (χ3v) is 3.29. The van der Waals surface area contributed by atoms with Crippen LogP contribution in [-0.4, -0.2) is 6.29 Å². The van der Waals surface area contributed by atoms with Gasteiger partial charge in [0.1, 0.15) is 6.29 Å². The topological polar surface area (TPSA) is 17.1 Å². The lowest BCUT2D eigenvalue weighted by atomic mass is 10.0. The Kier molecular flexibility index (Phi) is 11.5. The number of carbonyl (C=O) groups is 1. The van der Waals surface area contributed by atoms with Gasteiger partial charge in [-0.15, -0.1) is 0 Å². The Morgan fingerprint density at radius 2 is 1.71 bits per heavy atom. The quantitative estimate of drug-likeness (QED) is 0.271. The summed E-state index contributed by atoms with van der Waals surface area (Å²) in [5, 5.41) is 0. The van der Waals surface area contributed by atoms with Gasteiger partial charge in [0.15, 0.2) is 0 Å². The van der Waals surface area contributed by atoms with Crippen LogP contribution >= 0.6 is 0 Å². The maximum atomic E-state index is 10.3. The van der Waals surface area contributed by atoms with Gasteiger partial charge in [-0.2, -0.15) is 0 Å². The van der Waals surface area contributed by atoms with Crippen molar-refractivity contribution in [2.45, 2.75) is 78.6 Å². The van der Waals surface area contributed by atoms with E-state index in [9.17, 15) is 4.79 Å². The predicted octanol–water partition coefficient (Wildman–Crippen LogP) is 5.30. The minimum Gasteiger partial charge on any atom is -0.303 e. The highest BCUT2D eigenvalue weighted by atomic mass is 16.1. The number of aldehydes is 1. The van der Waals surface area contributed by atoms with Crippen molar-refractivity contribution in [2.24, 2.45) is 5.92 Å². The number of carbonyl (C=O) groups excluding carboxylic acids is 1. The van der Waals surface area contributed by atoms with Crippen molar-refractivity contribution in [2.75, 3.05) is 0 Å². The lowest BCUT2D eigenvalue weighted by Gasteiger charge is -2.05. The van der Waals surface area contributed by atoms with E-state index in [0.29, 0.717) is 12.3 Å². The molecule has 0 aliphatic rings. The first-order valence-electron chi connectivity index (χ1n) is 7.30. The lowest BCUT2D eigenvalue weighted by molar-refractivity contribution is -0.108. The Morgan fingerprint density at radius 1 is 1.06 bits per heavy atom. The zero-order valence-electron chi connectivity index (χ0n) is 12.0. The Bertz CT molecular complexity index is 206. The molecule has 0 saturated heterocycles. The second-order valence-corrected chi connectivity index (χ2v) is 5.31. The molecule has 17 heavy (non-hydrogen) atoms. The van der Waals surface area contributed by atoms with E-state index >= 15 is 0 Å². The first-order valence-corrected chi connectivity index (χ1v) is 7.30. The van der Waals surface area contributed by atoms with E-state index in [2.05, 4.69) is 26.8 Å². The molecule has 0 saturated carbocycles. The molecule has 0 aromatic carbocycles. The van der Waals surface area contributed by atoms with Crippen LogP contribution in [0.25, 0.3) is 0 Å². The highest BCUT2D eigenvalue weighted by molar-refractivity contribution is 5.49. The van der Waals surface area contributed by atoms with Crippen LogP contribution in [0.15, 0.2) is 11.6 Å². The smallest absolute Gasteiger partial charge is 0.120 e. The Labute approximate surface area is 108 Å². The summed E-state index contributed by atoms with van der Waals surface area (Å²) in [5.74, 6) is 0.506. The molecule has 0 N–H and O–H groups in total. The number of unbranched alkanes of at least 4 members (excludes halogenated alkanes) is 5. The van der Waals surface area contributed by atoms with Crippen LogP contribution in [0.2, 0.25) is 0 Å². The van der Waals surface area contributed by atoms with Gasteiger partial charge in [0, 0.05) is 6.42 Å². The lowest BCUT2D eigenvalue weighted by Crippen LogP contribution is -1.93. The summed E-state index contributed by atoms with van der Waals surface area (Å²) >= 11 is 0. The molecule has 1 atom stereocenters. The van der Waals surface area contributed by atoms with E-state index in [0.717, 1.165) is 12.7 Å². The minimum atomic E-state index is 0.506. The number of hydrogen-bond acceptors (Lipinski definition) is 1. The zero-order valence-corrected chi connectivity index (χ0v) is 12.0. The van der Waals surface area contributed by atoms with Gasteiger partial charge in [-0.1, -0.05) is 57.6 Å². The molecule has 0 radical (unpaired) electrons. The van der Waals surface area contributed by atoms with Crippen LogP contribution in [0.5, 0.6) is 0 Å².